The van der Waals surface area contributed by atoms with Gasteiger partial charge < -0.3 is 21.3 Å². The van der Waals surface area contributed by atoms with E-state index in [4.69, 9.17) is 5.73 Å². The van der Waals surface area contributed by atoms with Crippen LogP contribution in [0.25, 0.3) is 0 Å². The molecule has 1 saturated heterocycles. The highest BCUT2D eigenvalue weighted by Gasteiger charge is 2.35. The van der Waals surface area contributed by atoms with Crippen molar-refractivity contribution < 1.29 is 18.0 Å². The Hall–Kier alpha value is -2.85. The number of carbonyl (C=O) groups is 1. The van der Waals surface area contributed by atoms with Gasteiger partial charge in [0.15, 0.2) is 0 Å². The number of nitrogens with two attached hydrogens (primary N) is 1. The van der Waals surface area contributed by atoms with Gasteiger partial charge in [-0.3, -0.25) is 4.79 Å². The minimum absolute atomic E-state index is 0.0787. The summed E-state index contributed by atoms with van der Waals surface area (Å²) in [6.45, 7) is 20.3. The number of carbonyl (C=O) groups excluding carboxylic acids is 1. The molecule has 278 valence electrons. The maximum atomic E-state index is 13.7. The zero-order chi connectivity index (χ0) is 36.5. The highest BCUT2D eigenvalue weighted by Crippen LogP contribution is 2.34. The number of amides is 1. The summed E-state index contributed by atoms with van der Waals surface area (Å²) in [5, 5.41) is 6.22. The summed E-state index contributed by atoms with van der Waals surface area (Å²) in [6, 6.07) is 0.323. The number of rotatable bonds is 18. The summed E-state index contributed by atoms with van der Waals surface area (Å²) in [4.78, 5) is 26.2. The van der Waals surface area contributed by atoms with E-state index in [0.29, 0.717) is 32.0 Å². The molecule has 1 aliphatic rings. The number of amidine groups is 1. The molecule has 0 aliphatic carbocycles. The van der Waals surface area contributed by atoms with Crippen molar-refractivity contribution in [3.8, 4) is 0 Å². The standard InChI is InChI=1S/C27H44F3N7O.C8H18.C2H6/c1-5-11-21(12-6-2)32-16-20(7-3)24(31)35-26-34-17-22(27(28,29)30)25(36-26)33-15-19(4)18-37-14-10-8-9-13-23(37)38;1-4-6-8(3)7-5-2;1-2/h16-17,19,21,32H,5-15,18H2,1-4H3,(H3,31,33,34,35,36);8H,4-7H2,1-3H3;1-2H3/b20-16-;;. The van der Waals surface area contributed by atoms with Crippen molar-refractivity contribution in [3.63, 3.8) is 0 Å². The maximum absolute atomic E-state index is 13.7. The van der Waals surface area contributed by atoms with Gasteiger partial charge in [0.1, 0.15) is 17.2 Å². The van der Waals surface area contributed by atoms with E-state index in [-0.39, 0.29) is 36.0 Å². The quantitative estimate of drug-likeness (QED) is 0.105. The molecule has 1 amide bonds. The molecule has 1 aliphatic heterocycles. The molecule has 0 bridgehead atoms. The summed E-state index contributed by atoms with van der Waals surface area (Å²) in [7, 11) is 0. The molecule has 2 heterocycles. The number of hydrogen-bond donors (Lipinski definition) is 3. The number of nitrogens with one attached hydrogen (secondary N) is 2. The van der Waals surface area contributed by atoms with Crippen LogP contribution >= 0.6 is 0 Å². The first-order chi connectivity index (χ1) is 22.9. The Morgan fingerprint density at radius 2 is 1.58 bits per heavy atom. The summed E-state index contributed by atoms with van der Waals surface area (Å²) in [5.41, 5.74) is 5.97. The lowest BCUT2D eigenvalue weighted by atomic mass is 10.0. The van der Waals surface area contributed by atoms with Crippen LogP contribution in [0.2, 0.25) is 0 Å². The topological polar surface area (TPSA) is 109 Å². The molecule has 2 rings (SSSR count). The van der Waals surface area contributed by atoms with Crippen molar-refractivity contribution in [2.24, 2.45) is 22.6 Å². The van der Waals surface area contributed by atoms with Crippen molar-refractivity contribution in [1.29, 1.82) is 0 Å². The van der Waals surface area contributed by atoms with Crippen molar-refractivity contribution >= 4 is 23.5 Å². The predicted molar refractivity (Wildman–Crippen MR) is 196 cm³/mol. The summed E-state index contributed by atoms with van der Waals surface area (Å²) >= 11 is 0. The lowest BCUT2D eigenvalue weighted by molar-refractivity contribution is -0.137. The highest BCUT2D eigenvalue weighted by molar-refractivity contribution is 5.98. The van der Waals surface area contributed by atoms with E-state index in [2.05, 4.69) is 60.2 Å². The summed E-state index contributed by atoms with van der Waals surface area (Å²) in [6.07, 6.45) is 11.6. The Morgan fingerprint density at radius 3 is 2.12 bits per heavy atom. The smallest absolute Gasteiger partial charge is 0.388 e. The minimum atomic E-state index is -4.63. The fraction of sp³-hybridized carbons (Fsp3) is 0.784. The molecule has 8 nitrogen and oxygen atoms in total. The SMILES string of the molecule is CC.CCCC(C)CCC.CCCC(CCC)N/C=C(CC)\C(N)=N\c1ncc(C(F)(F)F)c(NCC(C)CN2CCCCCC2=O)n1. The van der Waals surface area contributed by atoms with Gasteiger partial charge in [-0.1, -0.05) is 107 Å². The first-order valence-electron chi connectivity index (χ1n) is 18.6. The van der Waals surface area contributed by atoms with E-state index in [9.17, 15) is 18.0 Å². The van der Waals surface area contributed by atoms with Crippen LogP contribution in [0.3, 0.4) is 0 Å². The second-order valence-corrected chi connectivity index (χ2v) is 12.7. The van der Waals surface area contributed by atoms with Gasteiger partial charge in [0, 0.05) is 50.1 Å². The second-order valence-electron chi connectivity index (χ2n) is 12.7. The van der Waals surface area contributed by atoms with Crippen molar-refractivity contribution in [2.45, 2.75) is 158 Å². The number of aromatic nitrogens is 2. The molecule has 0 spiro atoms. The van der Waals surface area contributed by atoms with Crippen LogP contribution in [0, 0.1) is 11.8 Å². The fourth-order valence-electron chi connectivity index (χ4n) is 5.60. The number of nitrogens with zero attached hydrogens (tertiary/aromatic N) is 4. The zero-order valence-corrected chi connectivity index (χ0v) is 31.6. The molecule has 1 atom stereocenters. The van der Waals surface area contributed by atoms with Crippen LogP contribution in [0.4, 0.5) is 24.9 Å². The molecule has 0 saturated carbocycles. The molecule has 4 N–H and O–H groups in total. The number of likely N-dealkylation sites (tertiary alicyclic amines) is 1. The van der Waals surface area contributed by atoms with E-state index >= 15 is 0 Å². The monoisotopic (exact) mass is 684 g/mol. The van der Waals surface area contributed by atoms with Gasteiger partial charge in [0.2, 0.25) is 5.91 Å². The summed E-state index contributed by atoms with van der Waals surface area (Å²) in [5.74, 6) is 0.649. The predicted octanol–water partition coefficient (Wildman–Crippen LogP) is 10.0. The molecule has 48 heavy (non-hydrogen) atoms. The van der Waals surface area contributed by atoms with Crippen LogP contribution in [0.15, 0.2) is 23.0 Å². The van der Waals surface area contributed by atoms with Crippen molar-refractivity contribution in [1.82, 2.24) is 20.2 Å². The van der Waals surface area contributed by atoms with E-state index in [0.717, 1.165) is 62.6 Å². The van der Waals surface area contributed by atoms with E-state index < -0.39 is 11.7 Å². The fourth-order valence-corrected chi connectivity index (χ4v) is 5.60. The van der Waals surface area contributed by atoms with E-state index in [1.807, 2.05) is 33.9 Å². The normalized spacial score (nSPS) is 15.0. The first kappa shape index (κ1) is 45.2. The maximum Gasteiger partial charge on any atom is 0.421 e. The largest absolute Gasteiger partial charge is 0.421 e. The Morgan fingerprint density at radius 1 is 0.979 bits per heavy atom. The zero-order valence-electron chi connectivity index (χ0n) is 31.6. The third-order valence-electron chi connectivity index (χ3n) is 8.16. The van der Waals surface area contributed by atoms with Gasteiger partial charge >= 0.3 is 6.18 Å². The third kappa shape index (κ3) is 18.6. The molecule has 0 aromatic carbocycles. The Labute approximate surface area is 290 Å². The number of anilines is 1. The molecule has 1 fully saturated rings. The molecule has 0 radical (unpaired) electrons. The van der Waals surface area contributed by atoms with Gasteiger partial charge in [0.25, 0.3) is 5.95 Å². The van der Waals surface area contributed by atoms with Gasteiger partial charge in [-0.05, 0) is 43.9 Å². The molecular weight excluding hydrogens is 615 g/mol. The van der Waals surface area contributed by atoms with Gasteiger partial charge in [-0.15, -0.1) is 0 Å². The number of hydrogen-bond acceptors (Lipinski definition) is 6. The first-order valence-corrected chi connectivity index (χ1v) is 18.6. The second kappa shape index (κ2) is 26.1. The number of alkyl halides is 3. The van der Waals surface area contributed by atoms with Crippen LogP contribution in [0.1, 0.15) is 151 Å². The van der Waals surface area contributed by atoms with Crippen LogP contribution in [-0.2, 0) is 11.0 Å². The van der Waals surface area contributed by atoms with E-state index in [1.165, 1.54) is 25.7 Å². The third-order valence-corrected chi connectivity index (χ3v) is 8.16. The Balaban J connectivity index is 0.00000193. The Bertz CT molecular complexity index is 1050. The summed E-state index contributed by atoms with van der Waals surface area (Å²) < 4.78 is 41.0. The minimum Gasteiger partial charge on any atom is -0.388 e. The van der Waals surface area contributed by atoms with Crippen LogP contribution < -0.4 is 16.4 Å². The molecular formula is C37H68F3N7O. The van der Waals surface area contributed by atoms with Crippen LogP contribution in [-0.4, -0.2) is 52.3 Å². The van der Waals surface area contributed by atoms with Crippen molar-refractivity contribution in [2.75, 3.05) is 25.0 Å². The molecule has 1 aromatic heterocycles. The van der Waals surface area contributed by atoms with Crippen LogP contribution in [0.5, 0.6) is 0 Å². The number of halogens is 3. The van der Waals surface area contributed by atoms with E-state index in [1.54, 1.807) is 4.90 Å². The molecule has 1 aromatic rings. The molecule has 11 heteroatoms. The number of aliphatic imine (C=N–C) groups is 1. The molecule has 1 unspecified atom stereocenters. The van der Waals surface area contributed by atoms with Crippen molar-refractivity contribution in [3.05, 3.63) is 23.5 Å². The average molecular weight is 684 g/mol. The van der Waals surface area contributed by atoms with Gasteiger partial charge in [-0.2, -0.15) is 23.1 Å². The van der Waals surface area contributed by atoms with Gasteiger partial charge in [0.05, 0.1) is 0 Å². The van der Waals surface area contributed by atoms with Gasteiger partial charge in [-0.25, -0.2) is 4.98 Å². The average Bonchev–Trinajstić information content (AvgIpc) is 3.25. The highest BCUT2D eigenvalue weighted by atomic mass is 19.4. The lowest BCUT2D eigenvalue weighted by Crippen LogP contribution is -2.36. The lowest BCUT2D eigenvalue weighted by Gasteiger charge is -2.25. The Kier molecular flexibility index (Phi) is 24.5.